The lowest BCUT2D eigenvalue weighted by atomic mass is 10.0. The van der Waals surface area contributed by atoms with Crippen LogP contribution in [0.1, 0.15) is 42.4 Å². The van der Waals surface area contributed by atoms with Gasteiger partial charge in [0.1, 0.15) is 5.75 Å². The molecule has 5 heteroatoms. The third kappa shape index (κ3) is 4.11. The number of amidine groups is 1. The van der Waals surface area contributed by atoms with Crippen LogP contribution in [-0.2, 0) is 4.74 Å². The summed E-state index contributed by atoms with van der Waals surface area (Å²) in [7, 11) is 0. The molecule has 21 heavy (non-hydrogen) atoms. The molecule has 3 N–H and O–H groups in total. The normalized spacial score (nSPS) is 19.0. The summed E-state index contributed by atoms with van der Waals surface area (Å²) in [5.41, 5.74) is 8.31. The van der Waals surface area contributed by atoms with Crippen LogP contribution < -0.4 is 10.5 Å². The highest BCUT2D eigenvalue weighted by Gasteiger charge is 2.15. The Bertz CT molecular complexity index is 485. The molecule has 2 rings (SSSR count). The zero-order valence-corrected chi connectivity index (χ0v) is 12.8. The monoisotopic (exact) mass is 292 g/mol. The van der Waals surface area contributed by atoms with Gasteiger partial charge in [0.25, 0.3) is 0 Å². The zero-order chi connectivity index (χ0) is 15.2. The summed E-state index contributed by atoms with van der Waals surface area (Å²) in [6.45, 7) is 5.52. The summed E-state index contributed by atoms with van der Waals surface area (Å²) in [6.07, 6.45) is 4.82. The molecule has 116 valence electrons. The van der Waals surface area contributed by atoms with Crippen LogP contribution in [0.2, 0.25) is 0 Å². The van der Waals surface area contributed by atoms with E-state index >= 15 is 0 Å². The first-order valence-electron chi connectivity index (χ1n) is 7.45. The number of aryl methyl sites for hydroxylation is 2. The lowest BCUT2D eigenvalue weighted by Crippen LogP contribution is -2.14. The van der Waals surface area contributed by atoms with E-state index in [1.807, 2.05) is 26.0 Å². The van der Waals surface area contributed by atoms with Gasteiger partial charge in [-0.3, -0.25) is 0 Å². The average molecular weight is 292 g/mol. The lowest BCUT2D eigenvalue weighted by molar-refractivity contribution is 0.0980. The van der Waals surface area contributed by atoms with Gasteiger partial charge < -0.3 is 20.4 Å². The highest BCUT2D eigenvalue weighted by Crippen LogP contribution is 2.25. The van der Waals surface area contributed by atoms with E-state index in [4.69, 9.17) is 20.4 Å². The van der Waals surface area contributed by atoms with Gasteiger partial charge in [0.05, 0.1) is 12.7 Å². The Labute approximate surface area is 125 Å². The number of oxime groups is 1. The molecule has 0 spiro atoms. The standard InChI is InChI=1S/C16H24N2O3/c1-11-9-13(16(17)18-19)10-12(2)15(11)21-8-4-6-14-5-3-7-20-14/h9-10,14,19H,3-8H2,1-2H3,(H2,17,18). The molecule has 1 saturated heterocycles. The van der Waals surface area contributed by atoms with E-state index in [2.05, 4.69) is 5.16 Å². The average Bonchev–Trinajstić information content (AvgIpc) is 2.97. The summed E-state index contributed by atoms with van der Waals surface area (Å²) in [5, 5.41) is 11.8. The minimum atomic E-state index is 0.117. The summed E-state index contributed by atoms with van der Waals surface area (Å²) >= 11 is 0. The fourth-order valence-electron chi connectivity index (χ4n) is 2.74. The summed E-state index contributed by atoms with van der Waals surface area (Å²) in [6, 6.07) is 3.74. The van der Waals surface area contributed by atoms with Crippen molar-refractivity contribution in [2.75, 3.05) is 13.2 Å². The molecule has 1 aromatic carbocycles. The first-order valence-corrected chi connectivity index (χ1v) is 7.45. The smallest absolute Gasteiger partial charge is 0.170 e. The Morgan fingerprint density at radius 2 is 2.14 bits per heavy atom. The van der Waals surface area contributed by atoms with Crippen LogP contribution in [0.25, 0.3) is 0 Å². The van der Waals surface area contributed by atoms with E-state index in [9.17, 15) is 0 Å². The SMILES string of the molecule is Cc1cc(C(N)=NO)cc(C)c1OCCCC1CCCO1. The number of hydrogen-bond acceptors (Lipinski definition) is 4. The Hall–Kier alpha value is -1.75. The molecule has 1 aliphatic heterocycles. The molecule has 0 aliphatic carbocycles. The van der Waals surface area contributed by atoms with Crippen LogP contribution in [0.15, 0.2) is 17.3 Å². The number of hydrogen-bond donors (Lipinski definition) is 2. The van der Waals surface area contributed by atoms with Crippen LogP contribution >= 0.6 is 0 Å². The van der Waals surface area contributed by atoms with Gasteiger partial charge in [-0.15, -0.1) is 0 Å². The highest BCUT2D eigenvalue weighted by atomic mass is 16.5. The van der Waals surface area contributed by atoms with Crippen LogP contribution in [0.4, 0.5) is 0 Å². The first kappa shape index (κ1) is 15.6. The molecule has 1 unspecified atom stereocenters. The highest BCUT2D eigenvalue weighted by molar-refractivity contribution is 5.97. The molecule has 1 atom stereocenters. The van der Waals surface area contributed by atoms with Crippen molar-refractivity contribution in [1.29, 1.82) is 0 Å². The van der Waals surface area contributed by atoms with Gasteiger partial charge in [-0.25, -0.2) is 0 Å². The van der Waals surface area contributed by atoms with Crippen molar-refractivity contribution in [2.24, 2.45) is 10.9 Å². The minimum Gasteiger partial charge on any atom is -0.493 e. The maximum absolute atomic E-state index is 8.74. The van der Waals surface area contributed by atoms with Gasteiger partial charge >= 0.3 is 0 Å². The molecular weight excluding hydrogens is 268 g/mol. The second-order valence-corrected chi connectivity index (χ2v) is 5.55. The van der Waals surface area contributed by atoms with Gasteiger partial charge in [0.15, 0.2) is 5.84 Å². The molecule has 1 aliphatic rings. The first-order chi connectivity index (χ1) is 10.1. The predicted octanol–water partition coefficient (Wildman–Crippen LogP) is 2.74. The van der Waals surface area contributed by atoms with E-state index in [0.29, 0.717) is 18.3 Å². The molecule has 1 aromatic rings. The van der Waals surface area contributed by atoms with E-state index in [0.717, 1.165) is 36.3 Å². The van der Waals surface area contributed by atoms with Crippen LogP contribution in [-0.4, -0.2) is 30.4 Å². The van der Waals surface area contributed by atoms with E-state index in [-0.39, 0.29) is 5.84 Å². The maximum atomic E-state index is 8.74. The molecule has 5 nitrogen and oxygen atoms in total. The van der Waals surface area contributed by atoms with Gasteiger partial charge in [-0.05, 0) is 62.8 Å². The largest absolute Gasteiger partial charge is 0.493 e. The molecule has 1 fully saturated rings. The van der Waals surface area contributed by atoms with Gasteiger partial charge in [-0.2, -0.15) is 0 Å². The molecule has 1 heterocycles. The van der Waals surface area contributed by atoms with E-state index in [1.165, 1.54) is 12.8 Å². The van der Waals surface area contributed by atoms with E-state index in [1.54, 1.807) is 0 Å². The second-order valence-electron chi connectivity index (χ2n) is 5.55. The number of nitrogens with zero attached hydrogens (tertiary/aromatic N) is 1. The number of benzene rings is 1. The third-order valence-electron chi connectivity index (χ3n) is 3.80. The van der Waals surface area contributed by atoms with Crippen molar-refractivity contribution >= 4 is 5.84 Å². The molecule has 0 amide bonds. The van der Waals surface area contributed by atoms with Crippen molar-refractivity contribution in [1.82, 2.24) is 0 Å². The topological polar surface area (TPSA) is 77.1 Å². The molecule has 0 aromatic heterocycles. The maximum Gasteiger partial charge on any atom is 0.170 e. The minimum absolute atomic E-state index is 0.117. The van der Waals surface area contributed by atoms with E-state index < -0.39 is 0 Å². The number of ether oxygens (including phenoxy) is 2. The lowest BCUT2D eigenvalue weighted by Gasteiger charge is -2.15. The fraction of sp³-hybridized carbons (Fsp3) is 0.562. The third-order valence-corrected chi connectivity index (χ3v) is 3.80. The van der Waals surface area contributed by atoms with Crippen molar-refractivity contribution in [3.63, 3.8) is 0 Å². The second kappa shape index (κ2) is 7.31. The number of rotatable bonds is 6. The molecule has 0 saturated carbocycles. The Morgan fingerprint density at radius 1 is 1.43 bits per heavy atom. The summed E-state index contributed by atoms with van der Waals surface area (Å²) in [5.74, 6) is 1.00. The van der Waals surface area contributed by atoms with Crippen LogP contribution in [0.5, 0.6) is 5.75 Å². The number of nitrogens with two attached hydrogens (primary N) is 1. The van der Waals surface area contributed by atoms with Crippen molar-refractivity contribution < 1.29 is 14.7 Å². The summed E-state index contributed by atoms with van der Waals surface area (Å²) < 4.78 is 11.5. The van der Waals surface area contributed by atoms with Crippen molar-refractivity contribution in [2.45, 2.75) is 45.6 Å². The quantitative estimate of drug-likeness (QED) is 0.278. The van der Waals surface area contributed by atoms with Crippen LogP contribution in [0.3, 0.4) is 0 Å². The molecule has 0 radical (unpaired) electrons. The Balaban J connectivity index is 1.90. The van der Waals surface area contributed by atoms with Gasteiger partial charge in [-0.1, -0.05) is 5.16 Å². The Kier molecular flexibility index (Phi) is 5.44. The zero-order valence-electron chi connectivity index (χ0n) is 12.8. The molecule has 0 bridgehead atoms. The van der Waals surface area contributed by atoms with Crippen molar-refractivity contribution in [3.05, 3.63) is 28.8 Å². The van der Waals surface area contributed by atoms with Gasteiger partial charge in [0.2, 0.25) is 0 Å². The van der Waals surface area contributed by atoms with Gasteiger partial charge in [0, 0.05) is 12.2 Å². The van der Waals surface area contributed by atoms with Crippen LogP contribution in [0, 0.1) is 13.8 Å². The molecular formula is C16H24N2O3. The fourth-order valence-corrected chi connectivity index (χ4v) is 2.74. The predicted molar refractivity (Wildman–Crippen MR) is 82.1 cm³/mol. The summed E-state index contributed by atoms with van der Waals surface area (Å²) in [4.78, 5) is 0. The Morgan fingerprint density at radius 3 is 2.71 bits per heavy atom. The van der Waals surface area contributed by atoms with Crippen molar-refractivity contribution in [3.8, 4) is 5.75 Å².